The van der Waals surface area contributed by atoms with E-state index in [0.717, 1.165) is 57.2 Å². The predicted octanol–water partition coefficient (Wildman–Crippen LogP) is 4.68. The zero-order valence-electron chi connectivity index (χ0n) is 29.2. The molecular weight excluding hydrogens is 607 g/mol. The minimum absolute atomic E-state index is 0.00153. The molecular formula is C37H51BN4O6. The van der Waals surface area contributed by atoms with Crippen LogP contribution in [-0.4, -0.2) is 96.6 Å². The SMILES string of the molecule is CC1(C)[C@@H]2C[C@H]3OB([C@H](Cc4ccccc4)NC(=O)OCC45CCC(CC4)N5C(=O)C(C#N)=CC(C)(C)N4CCOCC4)O[C@@]3(C)[C@H]1C2. The van der Waals surface area contributed by atoms with Gasteiger partial charge in [-0.15, -0.1) is 0 Å². The summed E-state index contributed by atoms with van der Waals surface area (Å²) in [6.45, 7) is 13.8. The maximum atomic E-state index is 14.0. The maximum Gasteiger partial charge on any atom is 0.482 e. The molecule has 3 saturated carbocycles. The van der Waals surface area contributed by atoms with E-state index in [9.17, 15) is 14.9 Å². The first-order valence-corrected chi connectivity index (χ1v) is 18.0. The fourth-order valence-corrected chi connectivity index (χ4v) is 10.0. The quantitative estimate of drug-likeness (QED) is 0.232. The number of carbonyl (C=O) groups is 2. The molecule has 0 radical (unpaired) electrons. The molecule has 0 unspecified atom stereocenters. The molecule has 1 N–H and O–H groups in total. The molecule has 0 aromatic heterocycles. The van der Waals surface area contributed by atoms with Gasteiger partial charge in [-0.25, -0.2) is 4.79 Å². The molecule has 11 heteroatoms. The van der Waals surface area contributed by atoms with Gasteiger partial charge in [0, 0.05) is 24.7 Å². The number of hydrogen-bond acceptors (Lipinski definition) is 8. The summed E-state index contributed by atoms with van der Waals surface area (Å²) in [6.07, 6.45) is 7.06. The number of morpholine rings is 1. The lowest BCUT2D eigenvalue weighted by atomic mass is 9.43. The van der Waals surface area contributed by atoms with Crippen LogP contribution in [-0.2, 0) is 30.0 Å². The van der Waals surface area contributed by atoms with Gasteiger partial charge in [-0.2, -0.15) is 5.26 Å². The van der Waals surface area contributed by atoms with E-state index in [0.29, 0.717) is 31.5 Å². The maximum absolute atomic E-state index is 14.0. The first-order chi connectivity index (χ1) is 22.9. The number of benzene rings is 1. The van der Waals surface area contributed by atoms with Crippen molar-refractivity contribution in [2.24, 2.45) is 17.3 Å². The Kier molecular flexibility index (Phi) is 8.71. The Hall–Kier alpha value is -2.91. The third-order valence-corrected chi connectivity index (χ3v) is 13.0. The Labute approximate surface area is 285 Å². The second-order valence-electron chi connectivity index (χ2n) is 16.4. The van der Waals surface area contributed by atoms with Gasteiger partial charge in [-0.05, 0) is 94.6 Å². The second kappa shape index (κ2) is 12.5. The number of carbonyl (C=O) groups excluding carboxylic acids is 2. The largest absolute Gasteiger partial charge is 0.482 e. The van der Waals surface area contributed by atoms with Crippen molar-refractivity contribution in [3.8, 4) is 6.07 Å². The zero-order valence-corrected chi connectivity index (χ0v) is 29.2. The van der Waals surface area contributed by atoms with Crippen molar-refractivity contribution in [3.63, 3.8) is 0 Å². The van der Waals surface area contributed by atoms with E-state index in [1.54, 1.807) is 6.08 Å². The van der Waals surface area contributed by atoms with Crippen molar-refractivity contribution in [1.82, 2.24) is 15.1 Å². The minimum Gasteiger partial charge on any atom is -0.447 e. The van der Waals surface area contributed by atoms with Crippen LogP contribution < -0.4 is 5.32 Å². The molecule has 4 bridgehead atoms. The van der Waals surface area contributed by atoms with Gasteiger partial charge in [-0.1, -0.05) is 44.2 Å². The van der Waals surface area contributed by atoms with Crippen LogP contribution in [0.2, 0.25) is 0 Å². The lowest BCUT2D eigenvalue weighted by Crippen LogP contribution is -2.65. The van der Waals surface area contributed by atoms with Crippen molar-refractivity contribution in [3.05, 3.63) is 47.5 Å². The first kappa shape index (κ1) is 33.6. The van der Waals surface area contributed by atoms with E-state index >= 15 is 0 Å². The molecule has 3 aliphatic carbocycles. The van der Waals surface area contributed by atoms with Crippen molar-refractivity contribution in [2.45, 2.75) is 114 Å². The average Bonchev–Trinajstić information content (AvgIpc) is 3.75. The molecule has 48 heavy (non-hydrogen) atoms. The van der Waals surface area contributed by atoms with Crippen LogP contribution in [0.5, 0.6) is 0 Å². The number of alkyl carbamates (subject to hydrolysis) is 1. The number of ether oxygens (including phenoxy) is 2. The van der Waals surface area contributed by atoms with Crippen LogP contribution >= 0.6 is 0 Å². The van der Waals surface area contributed by atoms with Crippen molar-refractivity contribution < 1.29 is 28.4 Å². The summed E-state index contributed by atoms with van der Waals surface area (Å²) in [5, 5.41) is 13.3. The van der Waals surface area contributed by atoms with Gasteiger partial charge in [0.15, 0.2) is 0 Å². The Bertz CT molecular complexity index is 1460. The van der Waals surface area contributed by atoms with E-state index < -0.39 is 35.8 Å². The molecule has 4 heterocycles. The number of fused-ring (bicyclic) bond motifs is 2. The van der Waals surface area contributed by atoms with Gasteiger partial charge in [0.2, 0.25) is 0 Å². The standard InChI is InChI=1S/C37H51BN4O6/c1-34(2,41-15-17-45-18-16-41)22-26(23-39)32(43)42-28-11-13-37(42,14-12-28)24-46-33(44)40-31(19-25-9-7-6-8-10-25)38-47-30-21-27-20-29(35(27,3)4)36(30,5)48-38/h6-10,22,27-31H,11-21,24H2,1-5H3,(H,40,44)/t27-,28?,29-,30+,31-,36-,37?/m0/s1. The summed E-state index contributed by atoms with van der Waals surface area (Å²) in [7, 11) is -0.598. The Morgan fingerprint density at radius 2 is 1.85 bits per heavy atom. The molecule has 0 spiro atoms. The summed E-state index contributed by atoms with van der Waals surface area (Å²) in [5.41, 5.74) is -0.0667. The van der Waals surface area contributed by atoms with E-state index in [-0.39, 0.29) is 35.6 Å². The molecule has 1 aromatic rings. The molecule has 1 aromatic carbocycles. The first-order valence-electron chi connectivity index (χ1n) is 18.0. The molecule has 258 valence electrons. The summed E-state index contributed by atoms with van der Waals surface area (Å²) >= 11 is 0. The van der Waals surface area contributed by atoms with Crippen LogP contribution in [0.1, 0.15) is 78.7 Å². The Morgan fingerprint density at radius 3 is 2.52 bits per heavy atom. The molecule has 4 aliphatic heterocycles. The highest BCUT2D eigenvalue weighted by Gasteiger charge is 2.68. The van der Waals surface area contributed by atoms with Crippen LogP contribution in [0.15, 0.2) is 42.0 Å². The summed E-state index contributed by atoms with van der Waals surface area (Å²) < 4.78 is 24.9. The van der Waals surface area contributed by atoms with Gasteiger partial charge in [0.25, 0.3) is 5.91 Å². The van der Waals surface area contributed by atoms with Gasteiger partial charge in [0.05, 0.1) is 36.4 Å². The fourth-order valence-electron chi connectivity index (χ4n) is 10.0. The third-order valence-electron chi connectivity index (χ3n) is 13.0. The number of hydrogen-bond donors (Lipinski definition) is 1. The van der Waals surface area contributed by atoms with Gasteiger partial charge < -0.3 is 29.0 Å². The topological polar surface area (TPSA) is 113 Å². The summed E-state index contributed by atoms with van der Waals surface area (Å²) in [6, 6.07) is 12.3. The van der Waals surface area contributed by atoms with E-state index in [4.69, 9.17) is 18.8 Å². The molecule has 4 saturated heterocycles. The van der Waals surface area contributed by atoms with Crippen LogP contribution in [0.25, 0.3) is 0 Å². The fraction of sp³-hybridized carbons (Fsp3) is 0.703. The number of nitrogens with one attached hydrogen (secondary N) is 1. The Morgan fingerprint density at radius 1 is 1.15 bits per heavy atom. The summed E-state index contributed by atoms with van der Waals surface area (Å²) in [5.74, 6) is 0.319. The minimum atomic E-state index is -0.623. The summed E-state index contributed by atoms with van der Waals surface area (Å²) in [4.78, 5) is 31.7. The number of nitriles is 1. The van der Waals surface area contributed by atoms with Crippen molar-refractivity contribution in [2.75, 3.05) is 32.9 Å². The van der Waals surface area contributed by atoms with Crippen LogP contribution in [0, 0.1) is 28.6 Å². The van der Waals surface area contributed by atoms with Crippen molar-refractivity contribution >= 4 is 19.1 Å². The Balaban J connectivity index is 1.04. The number of amides is 2. The lowest BCUT2D eigenvalue weighted by molar-refractivity contribution is -0.199. The van der Waals surface area contributed by atoms with Crippen LogP contribution in [0.4, 0.5) is 4.79 Å². The smallest absolute Gasteiger partial charge is 0.447 e. The molecule has 2 amide bonds. The highest BCUT2D eigenvalue weighted by molar-refractivity contribution is 6.47. The molecule has 10 nitrogen and oxygen atoms in total. The van der Waals surface area contributed by atoms with Crippen molar-refractivity contribution in [1.29, 1.82) is 5.26 Å². The number of nitrogens with zero attached hydrogens (tertiary/aromatic N) is 3. The average molecular weight is 659 g/mol. The molecule has 7 aliphatic rings. The predicted molar refractivity (Wildman–Crippen MR) is 181 cm³/mol. The molecule has 8 rings (SSSR count). The van der Waals surface area contributed by atoms with Gasteiger partial charge in [-0.3, -0.25) is 9.69 Å². The number of rotatable bonds is 9. The monoisotopic (exact) mass is 658 g/mol. The zero-order chi connectivity index (χ0) is 33.9. The van der Waals surface area contributed by atoms with Gasteiger partial charge >= 0.3 is 13.2 Å². The van der Waals surface area contributed by atoms with E-state index in [1.165, 1.54) is 0 Å². The third kappa shape index (κ3) is 5.76. The molecule has 7 fully saturated rings. The lowest BCUT2D eigenvalue weighted by Gasteiger charge is -2.64. The van der Waals surface area contributed by atoms with Crippen LogP contribution in [0.3, 0.4) is 0 Å². The second-order valence-corrected chi connectivity index (χ2v) is 16.4. The molecule has 5 atom stereocenters. The normalized spacial score (nSPS) is 34.6. The highest BCUT2D eigenvalue weighted by atomic mass is 16.7. The van der Waals surface area contributed by atoms with E-state index in [1.807, 2.05) is 49.1 Å². The van der Waals surface area contributed by atoms with E-state index in [2.05, 4.69) is 37.1 Å². The highest BCUT2D eigenvalue weighted by Crippen LogP contribution is 2.65. The van der Waals surface area contributed by atoms with Gasteiger partial charge in [0.1, 0.15) is 18.2 Å².